The van der Waals surface area contributed by atoms with E-state index in [-0.39, 0.29) is 5.76 Å². The van der Waals surface area contributed by atoms with E-state index in [4.69, 9.17) is 4.42 Å². The molecule has 0 aliphatic rings. The minimum Gasteiger partial charge on any atom is -0.480 e. The minimum absolute atomic E-state index is 0.0866. The lowest BCUT2D eigenvalue weighted by molar-refractivity contribution is -0.139. The summed E-state index contributed by atoms with van der Waals surface area (Å²) in [5.74, 6) is -1.97. The first-order chi connectivity index (χ1) is 11.5. The zero-order valence-corrected chi connectivity index (χ0v) is 13.4. The van der Waals surface area contributed by atoms with Crippen LogP contribution in [0.1, 0.15) is 34.5 Å². The Morgan fingerprint density at radius 1 is 1.25 bits per heavy atom. The smallest absolute Gasteiger partial charge is 0.326 e. The van der Waals surface area contributed by atoms with Gasteiger partial charge in [-0.05, 0) is 36.2 Å². The zero-order valence-electron chi connectivity index (χ0n) is 13.4. The molecule has 0 saturated heterocycles. The molecular weight excluding hydrogens is 308 g/mol. The minimum atomic E-state index is -1.09. The summed E-state index contributed by atoms with van der Waals surface area (Å²) in [5, 5.41) is 13.1. The molecule has 24 heavy (non-hydrogen) atoms. The Bertz CT molecular complexity index is 880. The van der Waals surface area contributed by atoms with E-state index in [0.29, 0.717) is 0 Å². The number of aliphatic carboxylic acids is 1. The summed E-state index contributed by atoms with van der Waals surface area (Å²) < 4.78 is 5.02. The molecule has 3 rings (SSSR count). The molecular formula is C18H18N2O4. The normalized spacial score (nSPS) is 13.6. The summed E-state index contributed by atoms with van der Waals surface area (Å²) in [6.45, 7) is 3.76. The number of aromatic nitrogens is 1. The third kappa shape index (κ3) is 2.78. The number of rotatable bonds is 5. The highest BCUT2D eigenvalue weighted by Crippen LogP contribution is 2.30. The monoisotopic (exact) mass is 326 g/mol. The van der Waals surface area contributed by atoms with Gasteiger partial charge in [0.1, 0.15) is 6.04 Å². The molecule has 2 atom stereocenters. The lowest BCUT2D eigenvalue weighted by atomic mass is 9.91. The number of carbonyl (C=O) groups excluding carboxylic acids is 1. The van der Waals surface area contributed by atoms with Crippen molar-refractivity contribution >= 4 is 22.8 Å². The van der Waals surface area contributed by atoms with Crippen molar-refractivity contribution in [2.75, 3.05) is 0 Å². The van der Waals surface area contributed by atoms with Gasteiger partial charge in [0.15, 0.2) is 5.76 Å². The number of aromatic amines is 1. The molecule has 0 fully saturated rings. The Kier molecular flexibility index (Phi) is 4.12. The van der Waals surface area contributed by atoms with Crippen molar-refractivity contribution in [1.29, 1.82) is 0 Å². The summed E-state index contributed by atoms with van der Waals surface area (Å²) in [4.78, 5) is 27.0. The highest BCUT2D eigenvalue weighted by molar-refractivity contribution is 5.95. The van der Waals surface area contributed by atoms with Crippen molar-refractivity contribution < 1.29 is 19.1 Å². The quantitative estimate of drug-likeness (QED) is 0.671. The van der Waals surface area contributed by atoms with Gasteiger partial charge in [-0.25, -0.2) is 4.79 Å². The molecule has 2 aromatic heterocycles. The number of benzene rings is 1. The third-order valence-corrected chi connectivity index (χ3v) is 4.23. The molecule has 0 saturated carbocycles. The zero-order chi connectivity index (χ0) is 17.3. The standard InChI is InChI=1S/C18H18N2O4/c1-10-5-3-6-13-15(10)12(9-19-13)11(2)16(18(22)23)20-17(21)14-7-4-8-24-14/h3-9,11,16,19H,1-2H3,(H,20,21)(H,22,23)/t11-,16+/m0/s1. The van der Waals surface area contributed by atoms with Crippen LogP contribution in [0.3, 0.4) is 0 Å². The number of nitrogens with one attached hydrogen (secondary N) is 2. The molecule has 2 heterocycles. The van der Waals surface area contributed by atoms with E-state index in [1.807, 2.05) is 25.1 Å². The molecule has 0 spiro atoms. The fraction of sp³-hybridized carbons (Fsp3) is 0.222. The van der Waals surface area contributed by atoms with E-state index in [9.17, 15) is 14.7 Å². The predicted molar refractivity (Wildman–Crippen MR) is 89.0 cm³/mol. The third-order valence-electron chi connectivity index (χ3n) is 4.23. The molecule has 124 valence electrons. The molecule has 0 unspecified atom stereocenters. The highest BCUT2D eigenvalue weighted by Gasteiger charge is 2.30. The van der Waals surface area contributed by atoms with Gasteiger partial charge in [-0.15, -0.1) is 0 Å². The van der Waals surface area contributed by atoms with E-state index in [2.05, 4.69) is 10.3 Å². The van der Waals surface area contributed by atoms with Crippen molar-refractivity contribution in [2.24, 2.45) is 0 Å². The first kappa shape index (κ1) is 15.9. The van der Waals surface area contributed by atoms with Crippen molar-refractivity contribution in [1.82, 2.24) is 10.3 Å². The average Bonchev–Trinajstić information content (AvgIpc) is 3.21. The SMILES string of the molecule is Cc1cccc2[nH]cc([C@H](C)[C@@H](NC(=O)c3ccco3)C(=O)O)c12. The van der Waals surface area contributed by atoms with Gasteiger partial charge in [-0.1, -0.05) is 19.1 Å². The molecule has 6 heteroatoms. The Morgan fingerprint density at radius 2 is 2.04 bits per heavy atom. The van der Waals surface area contributed by atoms with Crippen LogP contribution in [0.15, 0.2) is 47.2 Å². The van der Waals surface area contributed by atoms with Crippen LogP contribution in [0.5, 0.6) is 0 Å². The van der Waals surface area contributed by atoms with Crippen molar-refractivity contribution in [3.8, 4) is 0 Å². The molecule has 1 amide bonds. The van der Waals surface area contributed by atoms with Crippen molar-refractivity contribution in [3.05, 3.63) is 59.7 Å². The number of H-pyrrole nitrogens is 1. The maximum atomic E-state index is 12.1. The Labute approximate surface area is 138 Å². The first-order valence-electron chi connectivity index (χ1n) is 7.63. The van der Waals surface area contributed by atoms with Gasteiger partial charge in [0.2, 0.25) is 0 Å². The first-order valence-corrected chi connectivity index (χ1v) is 7.63. The molecule has 6 nitrogen and oxygen atoms in total. The number of hydrogen-bond donors (Lipinski definition) is 3. The topological polar surface area (TPSA) is 95.3 Å². The number of fused-ring (bicyclic) bond motifs is 1. The molecule has 1 aromatic carbocycles. The lowest BCUT2D eigenvalue weighted by Gasteiger charge is -2.21. The number of hydrogen-bond acceptors (Lipinski definition) is 3. The second-order valence-electron chi connectivity index (χ2n) is 5.80. The Hall–Kier alpha value is -3.02. The summed E-state index contributed by atoms with van der Waals surface area (Å²) in [5.41, 5.74) is 2.85. The molecule has 3 N–H and O–H groups in total. The van der Waals surface area contributed by atoms with Crippen LogP contribution in [0.25, 0.3) is 10.9 Å². The number of aryl methyl sites for hydroxylation is 1. The van der Waals surface area contributed by atoms with Gasteiger partial charge < -0.3 is 19.8 Å². The Morgan fingerprint density at radius 3 is 2.71 bits per heavy atom. The lowest BCUT2D eigenvalue weighted by Crippen LogP contribution is -2.44. The number of carboxylic acids is 1. The molecule has 0 aliphatic carbocycles. The molecule has 0 radical (unpaired) electrons. The van der Waals surface area contributed by atoms with Crippen LogP contribution in [0.4, 0.5) is 0 Å². The van der Waals surface area contributed by atoms with E-state index in [1.165, 1.54) is 12.3 Å². The number of carboxylic acid groups (broad SMARTS) is 1. The largest absolute Gasteiger partial charge is 0.480 e. The predicted octanol–water partition coefficient (Wildman–Crippen LogP) is 3.06. The highest BCUT2D eigenvalue weighted by atomic mass is 16.4. The van der Waals surface area contributed by atoms with Crippen molar-refractivity contribution in [3.63, 3.8) is 0 Å². The average molecular weight is 326 g/mol. The summed E-state index contributed by atoms with van der Waals surface area (Å²) in [6, 6.07) is 7.86. The van der Waals surface area contributed by atoms with E-state index in [0.717, 1.165) is 22.0 Å². The molecule has 0 aliphatic heterocycles. The van der Waals surface area contributed by atoms with Crippen LogP contribution in [-0.2, 0) is 4.79 Å². The van der Waals surface area contributed by atoms with E-state index < -0.39 is 23.8 Å². The van der Waals surface area contributed by atoms with Crippen LogP contribution in [-0.4, -0.2) is 28.0 Å². The fourth-order valence-corrected chi connectivity index (χ4v) is 2.96. The van der Waals surface area contributed by atoms with Gasteiger partial charge in [0.25, 0.3) is 5.91 Å². The summed E-state index contributed by atoms with van der Waals surface area (Å²) in [6.07, 6.45) is 3.18. The number of furan rings is 1. The van der Waals surface area contributed by atoms with Gasteiger partial charge in [-0.3, -0.25) is 4.79 Å². The fourth-order valence-electron chi connectivity index (χ4n) is 2.96. The summed E-state index contributed by atoms with van der Waals surface area (Å²) >= 11 is 0. The van der Waals surface area contributed by atoms with Crippen molar-refractivity contribution in [2.45, 2.75) is 25.8 Å². The molecule has 0 bridgehead atoms. The number of carbonyl (C=O) groups is 2. The molecule has 3 aromatic rings. The van der Waals surface area contributed by atoms with Gasteiger partial charge in [0, 0.05) is 23.0 Å². The van der Waals surface area contributed by atoms with Crippen LogP contribution in [0, 0.1) is 6.92 Å². The van der Waals surface area contributed by atoms with Crippen LogP contribution < -0.4 is 5.32 Å². The maximum absolute atomic E-state index is 12.1. The van der Waals surface area contributed by atoms with Gasteiger partial charge in [-0.2, -0.15) is 0 Å². The second kappa shape index (κ2) is 6.23. The number of amides is 1. The second-order valence-corrected chi connectivity index (χ2v) is 5.80. The summed E-state index contributed by atoms with van der Waals surface area (Å²) in [7, 11) is 0. The van der Waals surface area contributed by atoms with E-state index >= 15 is 0 Å². The van der Waals surface area contributed by atoms with Crippen LogP contribution >= 0.6 is 0 Å². The van der Waals surface area contributed by atoms with Crippen LogP contribution in [0.2, 0.25) is 0 Å². The van der Waals surface area contributed by atoms with E-state index in [1.54, 1.807) is 19.2 Å². The maximum Gasteiger partial charge on any atom is 0.326 e. The van der Waals surface area contributed by atoms with Gasteiger partial charge >= 0.3 is 5.97 Å². The van der Waals surface area contributed by atoms with Gasteiger partial charge in [0.05, 0.1) is 6.26 Å². The Balaban J connectivity index is 1.93.